The monoisotopic (exact) mass is 597 g/mol. The van der Waals surface area contributed by atoms with Gasteiger partial charge in [0.2, 0.25) is 5.95 Å². The second-order valence-electron chi connectivity index (χ2n) is 9.81. The highest BCUT2D eigenvalue weighted by molar-refractivity contribution is 5.99. The molecule has 226 valence electrons. The van der Waals surface area contributed by atoms with Crippen LogP contribution in [0.4, 0.5) is 33.7 Å². The van der Waals surface area contributed by atoms with Crippen LogP contribution in [0.25, 0.3) is 10.9 Å². The summed E-state index contributed by atoms with van der Waals surface area (Å²) in [5, 5.41) is 6.33. The van der Waals surface area contributed by atoms with Gasteiger partial charge < -0.3 is 29.7 Å². The Bertz CT molecular complexity index is 1490. The number of esters is 1. The molecule has 0 aliphatic heterocycles. The normalized spacial score (nSPS) is 17.0. The van der Waals surface area contributed by atoms with E-state index < -0.39 is 35.4 Å². The highest BCUT2D eigenvalue weighted by Gasteiger charge is 2.42. The maximum Gasteiger partial charge on any atom is 0.491 e. The van der Waals surface area contributed by atoms with Crippen molar-refractivity contribution in [2.24, 2.45) is 0 Å². The number of rotatable bonds is 8. The number of methoxy groups -OCH3 is 2. The molecule has 1 saturated carbocycles. The molecule has 2 aromatic carbocycles. The highest BCUT2D eigenvalue weighted by Crippen LogP contribution is 2.37. The van der Waals surface area contributed by atoms with Crippen LogP contribution in [-0.2, 0) is 4.79 Å². The lowest BCUT2D eigenvalue weighted by atomic mass is 9.91. The van der Waals surface area contributed by atoms with Crippen LogP contribution < -0.4 is 29.7 Å². The van der Waals surface area contributed by atoms with Gasteiger partial charge in [0.15, 0.2) is 23.1 Å². The van der Waals surface area contributed by atoms with E-state index in [-0.39, 0.29) is 40.6 Å². The van der Waals surface area contributed by atoms with Gasteiger partial charge in [-0.2, -0.15) is 18.2 Å². The Morgan fingerprint density at radius 3 is 2.17 bits per heavy atom. The van der Waals surface area contributed by atoms with Crippen LogP contribution in [0, 0.1) is 11.6 Å². The SMILES string of the molecule is COc1cc(OC)c(OC(=O)C(F)(F)F)c(C(=O)NC2CCC(Nc3nc(N(C)C)c4cc(F)c(F)cc4n3)CC2)c1. The van der Waals surface area contributed by atoms with Crippen molar-refractivity contribution in [1.82, 2.24) is 15.3 Å². The number of amides is 1. The number of halogens is 5. The Balaban J connectivity index is 1.47. The van der Waals surface area contributed by atoms with Crippen molar-refractivity contribution in [3.05, 3.63) is 41.5 Å². The summed E-state index contributed by atoms with van der Waals surface area (Å²) in [6.07, 6.45) is -3.22. The van der Waals surface area contributed by atoms with Crippen molar-refractivity contribution in [2.75, 3.05) is 38.5 Å². The van der Waals surface area contributed by atoms with Crippen molar-refractivity contribution >= 4 is 34.5 Å². The highest BCUT2D eigenvalue weighted by atomic mass is 19.4. The van der Waals surface area contributed by atoms with Crippen LogP contribution in [-0.4, -0.2) is 68.4 Å². The third kappa shape index (κ3) is 6.71. The summed E-state index contributed by atoms with van der Waals surface area (Å²) in [4.78, 5) is 35.2. The van der Waals surface area contributed by atoms with Gasteiger partial charge in [-0.3, -0.25) is 4.79 Å². The van der Waals surface area contributed by atoms with E-state index in [0.717, 1.165) is 25.3 Å². The number of aromatic nitrogens is 2. The largest absolute Gasteiger partial charge is 0.497 e. The molecule has 3 aromatic rings. The lowest BCUT2D eigenvalue weighted by Crippen LogP contribution is -2.40. The average molecular weight is 598 g/mol. The number of benzene rings is 2. The Labute approximate surface area is 237 Å². The fourth-order valence-corrected chi connectivity index (χ4v) is 4.61. The van der Waals surface area contributed by atoms with Gasteiger partial charge in [0.1, 0.15) is 11.6 Å². The number of alkyl halides is 3. The smallest absolute Gasteiger partial charge is 0.491 e. The maximum absolute atomic E-state index is 13.9. The zero-order valence-corrected chi connectivity index (χ0v) is 23.1. The molecule has 4 rings (SSSR count). The molecule has 2 N–H and O–H groups in total. The summed E-state index contributed by atoms with van der Waals surface area (Å²) in [6.45, 7) is 0. The molecule has 0 spiro atoms. The predicted octanol–water partition coefficient (Wildman–Crippen LogP) is 4.61. The molecule has 1 fully saturated rings. The number of hydrogen-bond donors (Lipinski definition) is 2. The lowest BCUT2D eigenvalue weighted by molar-refractivity contribution is -0.189. The van der Waals surface area contributed by atoms with Gasteiger partial charge in [0, 0.05) is 43.7 Å². The standard InChI is InChI=1S/C27H28F5N5O5/c1-37(2)23-16-11-18(28)19(29)12-20(16)35-26(36-23)34-14-7-5-13(6-8-14)33-24(38)17-9-15(40-3)10-21(41-4)22(17)42-25(39)27(30,31)32/h9-14H,5-8H2,1-4H3,(H,33,38)(H,34,35,36). The quantitative estimate of drug-likeness (QED) is 0.218. The number of hydrogen-bond acceptors (Lipinski definition) is 9. The third-order valence-corrected chi connectivity index (χ3v) is 6.69. The van der Waals surface area contributed by atoms with Gasteiger partial charge in [0.05, 0.1) is 25.3 Å². The summed E-state index contributed by atoms with van der Waals surface area (Å²) >= 11 is 0. The van der Waals surface area contributed by atoms with Gasteiger partial charge in [-0.25, -0.2) is 18.6 Å². The van der Waals surface area contributed by atoms with E-state index in [1.54, 1.807) is 19.0 Å². The van der Waals surface area contributed by atoms with E-state index in [9.17, 15) is 31.5 Å². The van der Waals surface area contributed by atoms with E-state index >= 15 is 0 Å². The van der Waals surface area contributed by atoms with Crippen molar-refractivity contribution in [1.29, 1.82) is 0 Å². The number of ether oxygens (including phenoxy) is 3. The van der Waals surface area contributed by atoms with Gasteiger partial charge in [0.25, 0.3) is 5.91 Å². The topological polar surface area (TPSA) is 115 Å². The van der Waals surface area contributed by atoms with E-state index in [0.29, 0.717) is 36.9 Å². The van der Waals surface area contributed by atoms with Crippen LogP contribution in [0.1, 0.15) is 36.0 Å². The maximum atomic E-state index is 13.9. The molecule has 1 amide bonds. The van der Waals surface area contributed by atoms with Gasteiger partial charge >= 0.3 is 12.1 Å². The van der Waals surface area contributed by atoms with E-state index in [4.69, 9.17) is 9.47 Å². The minimum atomic E-state index is -5.30. The molecule has 0 radical (unpaired) electrons. The predicted molar refractivity (Wildman–Crippen MR) is 142 cm³/mol. The molecule has 1 heterocycles. The first-order chi connectivity index (χ1) is 19.8. The average Bonchev–Trinajstić information content (AvgIpc) is 2.93. The fraction of sp³-hybridized carbons (Fsp3) is 0.407. The van der Waals surface area contributed by atoms with Crippen LogP contribution in [0.5, 0.6) is 17.2 Å². The second-order valence-corrected chi connectivity index (χ2v) is 9.81. The van der Waals surface area contributed by atoms with E-state index in [1.807, 2.05) is 0 Å². The summed E-state index contributed by atoms with van der Waals surface area (Å²) in [6, 6.07) is 3.92. The summed E-state index contributed by atoms with van der Waals surface area (Å²) in [5.41, 5.74) is -0.139. The molecule has 0 atom stereocenters. The molecule has 42 heavy (non-hydrogen) atoms. The molecule has 0 bridgehead atoms. The number of anilines is 2. The molecule has 0 unspecified atom stereocenters. The van der Waals surface area contributed by atoms with Crippen molar-refractivity contribution in [3.63, 3.8) is 0 Å². The first-order valence-corrected chi connectivity index (χ1v) is 12.8. The van der Waals surface area contributed by atoms with Gasteiger partial charge in [-0.1, -0.05) is 0 Å². The Morgan fingerprint density at radius 2 is 1.57 bits per heavy atom. The summed E-state index contributed by atoms with van der Waals surface area (Å²) in [7, 11) is 5.87. The van der Waals surface area contributed by atoms with Crippen LogP contribution in [0.2, 0.25) is 0 Å². The lowest BCUT2D eigenvalue weighted by Gasteiger charge is -2.30. The fourth-order valence-electron chi connectivity index (χ4n) is 4.61. The first kappa shape index (κ1) is 30.5. The minimum Gasteiger partial charge on any atom is -0.497 e. The molecule has 15 heteroatoms. The molecule has 1 aliphatic carbocycles. The van der Waals surface area contributed by atoms with E-state index in [2.05, 4.69) is 25.3 Å². The Morgan fingerprint density at radius 1 is 0.929 bits per heavy atom. The third-order valence-electron chi connectivity index (χ3n) is 6.69. The Hall–Kier alpha value is -4.43. The molecule has 0 saturated heterocycles. The molecule has 10 nitrogen and oxygen atoms in total. The van der Waals surface area contributed by atoms with Gasteiger partial charge in [-0.15, -0.1) is 0 Å². The Kier molecular flexibility index (Phi) is 8.87. The number of fused-ring (bicyclic) bond motifs is 1. The van der Waals surface area contributed by atoms with Gasteiger partial charge in [-0.05, 0) is 37.8 Å². The zero-order chi connectivity index (χ0) is 30.8. The van der Waals surface area contributed by atoms with E-state index in [1.165, 1.54) is 13.2 Å². The van der Waals surface area contributed by atoms with Crippen LogP contribution in [0.3, 0.4) is 0 Å². The summed E-state index contributed by atoms with van der Waals surface area (Å²) in [5.74, 6) is -5.57. The minimum absolute atomic E-state index is 0.104. The number of nitrogens with zero attached hydrogens (tertiary/aromatic N) is 3. The molecular formula is C27H28F5N5O5. The van der Waals surface area contributed by atoms with Crippen LogP contribution >= 0.6 is 0 Å². The second kappa shape index (κ2) is 12.2. The van der Waals surface area contributed by atoms with Crippen molar-refractivity contribution < 1.29 is 45.8 Å². The van der Waals surface area contributed by atoms with Crippen molar-refractivity contribution in [3.8, 4) is 17.2 Å². The first-order valence-electron chi connectivity index (χ1n) is 12.8. The molecule has 1 aliphatic rings. The number of carbonyl (C=O) groups is 2. The summed E-state index contributed by atoms with van der Waals surface area (Å²) < 4.78 is 81.1. The van der Waals surface area contributed by atoms with Crippen molar-refractivity contribution in [2.45, 2.75) is 43.9 Å². The molecule has 1 aromatic heterocycles. The zero-order valence-electron chi connectivity index (χ0n) is 23.1. The van der Waals surface area contributed by atoms with Crippen LogP contribution in [0.15, 0.2) is 24.3 Å². The number of nitrogens with one attached hydrogen (secondary N) is 2. The number of carbonyl (C=O) groups excluding carboxylic acids is 2. The molecular weight excluding hydrogens is 569 g/mol.